The van der Waals surface area contributed by atoms with E-state index in [9.17, 15) is 40.5 Å². The minimum absolute atomic E-state index is 0.000500. The van der Waals surface area contributed by atoms with Gasteiger partial charge in [-0.2, -0.15) is 0 Å². The number of hydrogen-bond donors (Lipinski definition) is 7. The molecule has 11 unspecified atom stereocenters. The van der Waals surface area contributed by atoms with Crippen LogP contribution in [0.5, 0.6) is 0 Å². The maximum atomic E-state index is 12.9. The van der Waals surface area contributed by atoms with Crippen molar-refractivity contribution in [3.05, 3.63) is 122 Å². The Hall–Kier alpha value is -3.61. The molecule has 69 heavy (non-hydrogen) atoms. The molecule has 2 aliphatic rings. The van der Waals surface area contributed by atoms with Crippen LogP contribution in [0.2, 0.25) is 0 Å². The van der Waals surface area contributed by atoms with Crippen molar-refractivity contribution in [3.8, 4) is 0 Å². The van der Waals surface area contributed by atoms with Gasteiger partial charge in [0.25, 0.3) is 0 Å². The molecule has 0 aliphatic carbocycles. The summed E-state index contributed by atoms with van der Waals surface area (Å²) in [4.78, 5) is 12.9. The molecule has 0 bridgehead atoms. The van der Waals surface area contributed by atoms with Gasteiger partial charge in [-0.25, -0.2) is 0 Å². The molecular formula is C55H86O14. The molecule has 390 valence electrons. The van der Waals surface area contributed by atoms with E-state index >= 15 is 0 Å². The highest BCUT2D eigenvalue weighted by atomic mass is 16.7. The second kappa shape index (κ2) is 41.1. The molecule has 7 N–H and O–H groups in total. The first-order chi connectivity index (χ1) is 33.6. The first kappa shape index (κ1) is 61.5. The van der Waals surface area contributed by atoms with Gasteiger partial charge in [0.15, 0.2) is 12.6 Å². The summed E-state index contributed by atoms with van der Waals surface area (Å²) in [6, 6.07) is 0. The highest BCUT2D eigenvalue weighted by Crippen LogP contribution is 2.26. The smallest absolute Gasteiger partial charge is 0.306 e. The van der Waals surface area contributed by atoms with Gasteiger partial charge in [0.2, 0.25) is 0 Å². The number of unbranched alkanes of at least 4 members (excludes halogenated alkanes) is 3. The van der Waals surface area contributed by atoms with Crippen LogP contribution in [0.4, 0.5) is 0 Å². The summed E-state index contributed by atoms with van der Waals surface area (Å²) in [7, 11) is 0. The minimum Gasteiger partial charge on any atom is -0.457 e. The van der Waals surface area contributed by atoms with E-state index in [1.165, 1.54) is 0 Å². The van der Waals surface area contributed by atoms with Crippen LogP contribution >= 0.6 is 0 Å². The number of aliphatic hydroxyl groups is 7. The summed E-state index contributed by atoms with van der Waals surface area (Å²) in [6.45, 7) is 3.22. The van der Waals surface area contributed by atoms with Crippen LogP contribution in [0.25, 0.3) is 0 Å². The Morgan fingerprint density at radius 1 is 0.478 bits per heavy atom. The molecule has 2 heterocycles. The first-order valence-corrected chi connectivity index (χ1v) is 25.1. The van der Waals surface area contributed by atoms with Crippen molar-refractivity contribution >= 4 is 5.97 Å². The van der Waals surface area contributed by atoms with Crippen LogP contribution in [0.1, 0.15) is 117 Å². The monoisotopic (exact) mass is 971 g/mol. The molecule has 2 aliphatic heterocycles. The molecule has 0 radical (unpaired) electrons. The summed E-state index contributed by atoms with van der Waals surface area (Å²) in [5, 5.41) is 72.1. The first-order valence-electron chi connectivity index (χ1n) is 25.1. The molecular weight excluding hydrogens is 885 g/mol. The Kier molecular flexibility index (Phi) is 36.6. The predicted molar refractivity (Wildman–Crippen MR) is 270 cm³/mol. The van der Waals surface area contributed by atoms with Gasteiger partial charge in [-0.05, 0) is 89.9 Å². The van der Waals surface area contributed by atoms with Gasteiger partial charge in [-0.1, -0.05) is 142 Å². The number of ether oxygens (including phenoxy) is 6. The molecule has 2 saturated heterocycles. The van der Waals surface area contributed by atoms with Crippen LogP contribution in [-0.4, -0.2) is 142 Å². The van der Waals surface area contributed by atoms with Crippen LogP contribution in [0.3, 0.4) is 0 Å². The summed E-state index contributed by atoms with van der Waals surface area (Å²) in [5.41, 5.74) is 0. The molecule has 0 aromatic heterocycles. The average Bonchev–Trinajstić information content (AvgIpc) is 3.35. The molecule has 11 atom stereocenters. The third-order valence-electron chi connectivity index (χ3n) is 11.0. The zero-order valence-electron chi connectivity index (χ0n) is 41.2. The predicted octanol–water partition coefficient (Wildman–Crippen LogP) is 7.40. The molecule has 2 fully saturated rings. The summed E-state index contributed by atoms with van der Waals surface area (Å²) in [6.07, 6.45) is 40.0. The number of carbonyl (C=O) groups excluding carboxylic acids is 1. The number of esters is 1. The summed E-state index contributed by atoms with van der Waals surface area (Å²) >= 11 is 0. The number of rotatable bonds is 37. The van der Waals surface area contributed by atoms with E-state index < -0.39 is 86.7 Å². The van der Waals surface area contributed by atoms with Crippen LogP contribution in [0, 0.1) is 0 Å². The summed E-state index contributed by atoms with van der Waals surface area (Å²) < 4.78 is 34.1. The van der Waals surface area contributed by atoms with Gasteiger partial charge < -0.3 is 64.2 Å². The Balaban J connectivity index is 1.81. The van der Waals surface area contributed by atoms with Crippen molar-refractivity contribution in [2.75, 3.05) is 33.0 Å². The van der Waals surface area contributed by atoms with Gasteiger partial charge in [0.1, 0.15) is 54.9 Å². The lowest BCUT2D eigenvalue weighted by molar-refractivity contribution is -0.332. The normalized spacial score (nSPS) is 26.7. The third kappa shape index (κ3) is 28.7. The lowest BCUT2D eigenvalue weighted by Crippen LogP contribution is -2.61. The van der Waals surface area contributed by atoms with E-state index in [0.717, 1.165) is 89.9 Å². The standard InChI is InChI=1S/C55H86O14/c1-3-5-7-9-11-13-15-17-18-19-20-21-22-23-24-25-27-29-31-33-35-37-39-64-41-44(67-47(57)38-36-34-32-30-28-26-16-14-12-10-8-6-4-2)42-65-54-53(63)51(61)49(59)46(69-54)43-66-55-52(62)50(60)48(58)45(40-56)68-55/h5-8,11-14,17-18,20-21,23-24,26-29,32,34,44-46,48-56,58-63H,3-4,9-10,15-16,19,22,25,30-31,33,35-43H2,1-2H3/b7-5-,8-6-,13-11-,14-12-,18-17-,21-20-,24-23-,28-26-,29-27-,34-32-. The lowest BCUT2D eigenvalue weighted by Gasteiger charge is -2.42. The summed E-state index contributed by atoms with van der Waals surface area (Å²) in [5.74, 6) is -0.475. The zero-order valence-corrected chi connectivity index (χ0v) is 41.2. The number of allylic oxidation sites excluding steroid dienone is 20. The van der Waals surface area contributed by atoms with Crippen molar-refractivity contribution in [3.63, 3.8) is 0 Å². The van der Waals surface area contributed by atoms with Gasteiger partial charge in [0.05, 0.1) is 26.4 Å². The van der Waals surface area contributed by atoms with Crippen molar-refractivity contribution in [1.29, 1.82) is 0 Å². The van der Waals surface area contributed by atoms with E-state index in [0.29, 0.717) is 13.0 Å². The topological polar surface area (TPSA) is 214 Å². The van der Waals surface area contributed by atoms with Crippen LogP contribution in [0.15, 0.2) is 122 Å². The molecule has 14 nitrogen and oxygen atoms in total. The molecule has 2 rings (SSSR count). The van der Waals surface area contributed by atoms with E-state index in [1.54, 1.807) is 0 Å². The second-order valence-electron chi connectivity index (χ2n) is 16.9. The van der Waals surface area contributed by atoms with E-state index in [2.05, 4.69) is 123 Å². The van der Waals surface area contributed by atoms with Crippen molar-refractivity contribution < 1.29 is 69.0 Å². The average molecular weight is 971 g/mol. The molecule has 0 amide bonds. The van der Waals surface area contributed by atoms with E-state index in [4.69, 9.17) is 28.4 Å². The quantitative estimate of drug-likeness (QED) is 0.0184. The van der Waals surface area contributed by atoms with E-state index in [1.807, 2.05) is 12.2 Å². The fourth-order valence-electron chi connectivity index (χ4n) is 6.95. The second-order valence-corrected chi connectivity index (χ2v) is 16.9. The molecule has 0 saturated carbocycles. The Bertz CT molecular complexity index is 1600. The van der Waals surface area contributed by atoms with Crippen LogP contribution in [-0.2, 0) is 33.2 Å². The van der Waals surface area contributed by atoms with Crippen LogP contribution < -0.4 is 0 Å². The molecule has 14 heteroatoms. The molecule has 0 spiro atoms. The van der Waals surface area contributed by atoms with Gasteiger partial charge in [-0.3, -0.25) is 4.79 Å². The SMILES string of the molecule is CC/C=C\C/C=C\C/C=C\C/C=C\C/C=C\C/C=C\CCCCCOCC(COC1OC(COC2OC(CO)C(O)C(O)C2O)C(O)C(O)C1O)OC(=O)CC/C=C\C/C=C\C/C=C\C/C=C\CC. The highest BCUT2D eigenvalue weighted by Gasteiger charge is 2.47. The molecule has 0 aromatic rings. The van der Waals surface area contributed by atoms with Gasteiger partial charge in [0, 0.05) is 13.0 Å². The highest BCUT2D eigenvalue weighted by molar-refractivity contribution is 5.69. The van der Waals surface area contributed by atoms with E-state index in [-0.39, 0.29) is 19.6 Å². The van der Waals surface area contributed by atoms with Gasteiger partial charge >= 0.3 is 5.97 Å². The Morgan fingerprint density at radius 2 is 0.899 bits per heavy atom. The number of aliphatic hydroxyl groups excluding tert-OH is 7. The Labute approximate surface area is 412 Å². The fourth-order valence-corrected chi connectivity index (χ4v) is 6.95. The Morgan fingerprint density at radius 3 is 1.38 bits per heavy atom. The van der Waals surface area contributed by atoms with Crippen molar-refractivity contribution in [2.24, 2.45) is 0 Å². The zero-order chi connectivity index (χ0) is 50.2. The third-order valence-corrected chi connectivity index (χ3v) is 11.0. The van der Waals surface area contributed by atoms with Gasteiger partial charge in [-0.15, -0.1) is 0 Å². The van der Waals surface area contributed by atoms with Crippen molar-refractivity contribution in [2.45, 2.75) is 184 Å². The van der Waals surface area contributed by atoms with Crippen molar-refractivity contribution in [1.82, 2.24) is 0 Å². The minimum atomic E-state index is -1.73. The number of hydrogen-bond acceptors (Lipinski definition) is 14. The fraction of sp³-hybridized carbons (Fsp3) is 0.618. The lowest BCUT2D eigenvalue weighted by atomic mass is 9.98. The largest absolute Gasteiger partial charge is 0.457 e. The maximum Gasteiger partial charge on any atom is 0.306 e. The maximum absolute atomic E-state index is 12.9. The number of carbonyl (C=O) groups is 1. The molecule has 0 aromatic carbocycles.